The lowest BCUT2D eigenvalue weighted by Crippen LogP contribution is -1.92. The van der Waals surface area contributed by atoms with Crippen molar-refractivity contribution in [1.29, 1.82) is 0 Å². The van der Waals surface area contributed by atoms with Crippen molar-refractivity contribution in [3.05, 3.63) is 42.5 Å². The molecular weight excluding hydrogens is 271 g/mol. The van der Waals surface area contributed by atoms with Gasteiger partial charge in [-0.05, 0) is 12.1 Å². The van der Waals surface area contributed by atoms with Gasteiger partial charge in [0.05, 0.1) is 0 Å². The van der Waals surface area contributed by atoms with Crippen LogP contribution in [0.25, 0.3) is 11.1 Å². The highest BCUT2D eigenvalue weighted by Gasteiger charge is 2.20. The molecule has 0 amide bonds. The summed E-state index contributed by atoms with van der Waals surface area (Å²) in [6, 6.07) is 10.3. The number of phenolic OH excluding ortho intramolecular Hbond substituents is 2. The van der Waals surface area contributed by atoms with E-state index >= 15 is 0 Å². The zero-order valence-corrected chi connectivity index (χ0v) is 10.5. The molecule has 0 aliphatic heterocycles. The molecule has 0 aromatic heterocycles. The van der Waals surface area contributed by atoms with Crippen molar-refractivity contribution in [3.8, 4) is 28.4 Å². The zero-order valence-electron chi connectivity index (χ0n) is 9.59. The third-order valence-corrected chi connectivity index (χ3v) is 2.84. The van der Waals surface area contributed by atoms with Gasteiger partial charge in [0, 0.05) is 11.1 Å². The molecule has 2 rings (SSSR count). The Labute approximate surface area is 108 Å². The molecule has 0 spiro atoms. The van der Waals surface area contributed by atoms with Crippen LogP contribution in [0.3, 0.4) is 0 Å². The van der Waals surface area contributed by atoms with E-state index in [2.05, 4.69) is 4.52 Å². The van der Waals surface area contributed by atoms with E-state index in [1.165, 1.54) is 36.4 Å². The van der Waals surface area contributed by atoms with Gasteiger partial charge in [-0.2, -0.15) is 0 Å². The van der Waals surface area contributed by atoms with Gasteiger partial charge in [0.15, 0.2) is 11.5 Å². The average molecular weight is 282 g/mol. The van der Waals surface area contributed by atoms with Gasteiger partial charge in [-0.25, -0.2) is 4.57 Å². The van der Waals surface area contributed by atoms with Crippen molar-refractivity contribution in [1.82, 2.24) is 0 Å². The molecular formula is C12H11O6P. The summed E-state index contributed by atoms with van der Waals surface area (Å²) in [7, 11) is -4.71. The Morgan fingerprint density at radius 1 is 0.895 bits per heavy atom. The van der Waals surface area contributed by atoms with Crippen LogP contribution in [0.15, 0.2) is 42.5 Å². The van der Waals surface area contributed by atoms with Gasteiger partial charge in [0.25, 0.3) is 0 Å². The van der Waals surface area contributed by atoms with E-state index in [1.807, 2.05) is 0 Å². The highest BCUT2D eigenvalue weighted by molar-refractivity contribution is 7.46. The number of hydrogen-bond donors (Lipinski definition) is 4. The molecule has 100 valence electrons. The van der Waals surface area contributed by atoms with Gasteiger partial charge in [-0.1, -0.05) is 30.3 Å². The van der Waals surface area contributed by atoms with Gasteiger partial charge < -0.3 is 14.7 Å². The Hall–Kier alpha value is -2.01. The van der Waals surface area contributed by atoms with E-state index in [0.29, 0.717) is 0 Å². The van der Waals surface area contributed by atoms with Crippen molar-refractivity contribution in [2.75, 3.05) is 0 Å². The van der Waals surface area contributed by atoms with Gasteiger partial charge in [0.1, 0.15) is 5.75 Å². The summed E-state index contributed by atoms with van der Waals surface area (Å²) in [4.78, 5) is 17.7. The molecule has 0 radical (unpaired) electrons. The third-order valence-electron chi connectivity index (χ3n) is 2.41. The first-order valence-corrected chi connectivity index (χ1v) is 6.77. The summed E-state index contributed by atoms with van der Waals surface area (Å²) >= 11 is 0. The Balaban J connectivity index is 2.57. The molecule has 0 heterocycles. The normalized spacial score (nSPS) is 11.3. The fourth-order valence-electron chi connectivity index (χ4n) is 1.65. The number of aromatic hydroxyl groups is 2. The smallest absolute Gasteiger partial charge is 0.504 e. The standard InChI is InChI=1S/C12H11O6P/c13-10-6-3-5-9(12(10)14)8-4-1-2-7-11(8)18-19(15,16)17/h1-7,13-14H,(H2,15,16,17). The molecule has 0 bridgehead atoms. The van der Waals surface area contributed by atoms with Crippen LogP contribution in [0.1, 0.15) is 0 Å². The number of benzene rings is 2. The molecule has 0 saturated heterocycles. The number of rotatable bonds is 3. The third kappa shape index (κ3) is 3.06. The number of phosphoric ester groups is 1. The molecule has 0 atom stereocenters. The van der Waals surface area contributed by atoms with Crippen molar-refractivity contribution in [2.45, 2.75) is 0 Å². The Morgan fingerprint density at radius 3 is 2.21 bits per heavy atom. The Morgan fingerprint density at radius 2 is 1.53 bits per heavy atom. The molecule has 0 aliphatic rings. The number of hydrogen-bond acceptors (Lipinski definition) is 4. The van der Waals surface area contributed by atoms with Gasteiger partial charge in [-0.15, -0.1) is 0 Å². The molecule has 6 nitrogen and oxygen atoms in total. The summed E-state index contributed by atoms with van der Waals surface area (Å²) in [5.41, 5.74) is 0.475. The highest BCUT2D eigenvalue weighted by Crippen LogP contribution is 2.45. The molecule has 2 aromatic rings. The maximum absolute atomic E-state index is 10.9. The van der Waals surface area contributed by atoms with Crippen molar-refractivity contribution in [2.24, 2.45) is 0 Å². The summed E-state index contributed by atoms with van der Waals surface area (Å²) < 4.78 is 15.5. The SMILES string of the molecule is O=P(O)(O)Oc1ccccc1-c1cccc(O)c1O. The zero-order chi connectivity index (χ0) is 14.0. The van der Waals surface area contributed by atoms with Crippen LogP contribution in [-0.2, 0) is 4.57 Å². The van der Waals surface area contributed by atoms with Gasteiger partial charge >= 0.3 is 7.82 Å². The van der Waals surface area contributed by atoms with E-state index in [4.69, 9.17) is 9.79 Å². The van der Waals surface area contributed by atoms with E-state index in [9.17, 15) is 14.8 Å². The predicted octanol–water partition coefficient (Wildman–Crippen LogP) is 2.24. The predicted molar refractivity (Wildman–Crippen MR) is 67.9 cm³/mol. The topological polar surface area (TPSA) is 107 Å². The van der Waals surface area contributed by atoms with Crippen molar-refractivity contribution in [3.63, 3.8) is 0 Å². The maximum Gasteiger partial charge on any atom is 0.524 e. The Kier molecular flexibility index (Phi) is 3.48. The van der Waals surface area contributed by atoms with Crippen molar-refractivity contribution < 1.29 is 29.1 Å². The molecule has 2 aromatic carbocycles. The lowest BCUT2D eigenvalue weighted by Gasteiger charge is -2.13. The first-order chi connectivity index (χ1) is 8.88. The minimum absolute atomic E-state index is 0.0864. The fraction of sp³-hybridized carbons (Fsp3) is 0. The van der Waals surface area contributed by atoms with Crippen LogP contribution in [-0.4, -0.2) is 20.0 Å². The summed E-state index contributed by atoms with van der Waals surface area (Å²) in [6.45, 7) is 0. The first kappa shape index (κ1) is 13.4. The van der Waals surface area contributed by atoms with Crippen molar-refractivity contribution >= 4 is 7.82 Å². The highest BCUT2D eigenvalue weighted by atomic mass is 31.2. The molecule has 0 aliphatic carbocycles. The monoisotopic (exact) mass is 282 g/mol. The minimum atomic E-state index is -4.71. The van der Waals surface area contributed by atoms with Gasteiger partial charge in [0.2, 0.25) is 0 Å². The lowest BCUT2D eigenvalue weighted by molar-refractivity contribution is 0.283. The average Bonchev–Trinajstić information content (AvgIpc) is 2.32. The summed E-state index contributed by atoms with van der Waals surface area (Å²) in [5.74, 6) is -0.801. The minimum Gasteiger partial charge on any atom is -0.504 e. The van der Waals surface area contributed by atoms with Crippen LogP contribution in [0, 0.1) is 0 Å². The Bertz CT molecular complexity index is 648. The molecule has 4 N–H and O–H groups in total. The molecule has 7 heteroatoms. The first-order valence-electron chi connectivity index (χ1n) is 5.24. The van der Waals surface area contributed by atoms with Crippen LogP contribution in [0.4, 0.5) is 0 Å². The quantitative estimate of drug-likeness (QED) is 0.508. The second kappa shape index (κ2) is 4.93. The second-order valence-corrected chi connectivity index (χ2v) is 4.92. The van der Waals surface area contributed by atoms with Crippen LogP contribution in [0.2, 0.25) is 0 Å². The van der Waals surface area contributed by atoms with E-state index in [-0.39, 0.29) is 28.4 Å². The molecule has 0 saturated carbocycles. The van der Waals surface area contributed by atoms with Crippen LogP contribution < -0.4 is 4.52 Å². The molecule has 19 heavy (non-hydrogen) atoms. The summed E-state index contributed by atoms with van der Waals surface area (Å²) in [6.07, 6.45) is 0. The maximum atomic E-state index is 10.9. The van der Waals surface area contributed by atoms with E-state index in [0.717, 1.165) is 0 Å². The van der Waals surface area contributed by atoms with Crippen LogP contribution in [0.5, 0.6) is 17.2 Å². The van der Waals surface area contributed by atoms with Gasteiger partial charge in [-0.3, -0.25) is 9.79 Å². The second-order valence-electron chi connectivity index (χ2n) is 3.75. The van der Waals surface area contributed by atoms with E-state index < -0.39 is 7.82 Å². The van der Waals surface area contributed by atoms with E-state index in [1.54, 1.807) is 6.07 Å². The molecule has 0 fully saturated rings. The van der Waals surface area contributed by atoms with Crippen LogP contribution >= 0.6 is 7.82 Å². The summed E-state index contributed by atoms with van der Waals surface area (Å²) in [5, 5.41) is 19.2. The fourth-order valence-corrected chi connectivity index (χ4v) is 2.06. The number of phosphoric acid groups is 1. The number of para-hydroxylation sites is 2. The molecule has 0 unspecified atom stereocenters. The lowest BCUT2D eigenvalue weighted by atomic mass is 10.0. The number of phenols is 2. The largest absolute Gasteiger partial charge is 0.524 e.